The van der Waals surface area contributed by atoms with E-state index in [2.05, 4.69) is 11.2 Å². The molecule has 1 unspecified atom stereocenters. The van der Waals surface area contributed by atoms with Crippen molar-refractivity contribution in [3.8, 4) is 16.9 Å². The minimum Gasteiger partial charge on any atom is -0.481 e. The number of para-hydroxylation sites is 1. The second-order valence-electron chi connectivity index (χ2n) is 8.49. The van der Waals surface area contributed by atoms with Gasteiger partial charge in [-0.15, -0.1) is 0 Å². The Morgan fingerprint density at radius 3 is 2.60 bits per heavy atom. The molecule has 2 aromatic carbocycles. The molecule has 7 nitrogen and oxygen atoms in total. The lowest BCUT2D eigenvalue weighted by molar-refractivity contribution is -0.141. The van der Waals surface area contributed by atoms with Gasteiger partial charge in [0.15, 0.2) is 0 Å². The number of aromatic nitrogens is 2. The average molecular weight is 485 g/mol. The van der Waals surface area contributed by atoms with Gasteiger partial charge in [-0.25, -0.2) is 9.69 Å². The number of amides is 1. The van der Waals surface area contributed by atoms with Crippen LogP contribution in [0.1, 0.15) is 42.0 Å². The molecule has 0 saturated heterocycles. The lowest BCUT2D eigenvalue weighted by Gasteiger charge is -2.21. The van der Waals surface area contributed by atoms with Gasteiger partial charge in [0, 0.05) is 35.7 Å². The fourth-order valence-electron chi connectivity index (χ4n) is 4.27. The van der Waals surface area contributed by atoms with Crippen molar-refractivity contribution in [2.45, 2.75) is 32.2 Å². The van der Waals surface area contributed by atoms with Crippen molar-refractivity contribution in [3.05, 3.63) is 94.3 Å². The summed E-state index contributed by atoms with van der Waals surface area (Å²) in [5.74, 6) is -1.32. The zero-order chi connectivity index (χ0) is 24.4. The van der Waals surface area contributed by atoms with Crippen molar-refractivity contribution >= 4 is 28.9 Å². The highest BCUT2D eigenvalue weighted by atomic mass is 32.1. The third-order valence-corrected chi connectivity index (χ3v) is 6.67. The van der Waals surface area contributed by atoms with Crippen LogP contribution in [-0.4, -0.2) is 37.5 Å². The van der Waals surface area contributed by atoms with Gasteiger partial charge < -0.3 is 5.11 Å². The summed E-state index contributed by atoms with van der Waals surface area (Å²) >= 11 is 1.57. The number of aliphatic carboxylic acids is 1. The Bertz CT molecular complexity index is 1390. The number of benzene rings is 2. The van der Waals surface area contributed by atoms with Crippen molar-refractivity contribution < 1.29 is 14.7 Å². The fraction of sp³-hybridized carbons (Fsp3) is 0.185. The zero-order valence-corrected chi connectivity index (χ0v) is 20.0. The minimum atomic E-state index is -1.01. The van der Waals surface area contributed by atoms with E-state index in [1.54, 1.807) is 11.3 Å². The smallest absolute Gasteiger partial charge is 0.303 e. The molecule has 1 atom stereocenters. The van der Waals surface area contributed by atoms with Gasteiger partial charge >= 0.3 is 5.97 Å². The van der Waals surface area contributed by atoms with E-state index in [0.717, 1.165) is 39.3 Å². The lowest BCUT2D eigenvalue weighted by Crippen LogP contribution is -2.27. The number of nitrogens with zero attached hydrogens (tertiary/aromatic N) is 4. The summed E-state index contributed by atoms with van der Waals surface area (Å²) in [6.07, 6.45) is 2.13. The molecule has 5 rings (SSSR count). The van der Waals surface area contributed by atoms with Gasteiger partial charge in [0.25, 0.3) is 0 Å². The quantitative estimate of drug-likeness (QED) is 0.378. The van der Waals surface area contributed by atoms with Crippen LogP contribution in [0.5, 0.6) is 0 Å². The first-order valence-corrected chi connectivity index (χ1v) is 12.3. The number of carbonyl (C=O) groups is 2. The molecule has 0 aliphatic carbocycles. The van der Waals surface area contributed by atoms with E-state index in [0.29, 0.717) is 6.42 Å². The van der Waals surface area contributed by atoms with Crippen molar-refractivity contribution in [1.82, 2.24) is 14.8 Å². The van der Waals surface area contributed by atoms with Gasteiger partial charge in [0.1, 0.15) is 0 Å². The third kappa shape index (κ3) is 4.79. The molecule has 1 aliphatic rings. The summed E-state index contributed by atoms with van der Waals surface area (Å²) in [6.45, 7) is 2.03. The predicted octanol–water partition coefficient (Wildman–Crippen LogP) is 5.45. The molecule has 0 fully saturated rings. The van der Waals surface area contributed by atoms with Crippen molar-refractivity contribution in [3.63, 3.8) is 0 Å². The van der Waals surface area contributed by atoms with Crippen LogP contribution >= 0.6 is 11.3 Å². The summed E-state index contributed by atoms with van der Waals surface area (Å²) in [5, 5.41) is 24.2. The maximum atomic E-state index is 13.2. The van der Waals surface area contributed by atoms with Crippen LogP contribution in [-0.2, 0) is 9.59 Å². The van der Waals surface area contributed by atoms with Crippen LogP contribution in [0, 0.1) is 6.92 Å². The molecule has 2 aromatic heterocycles. The molecule has 0 saturated carbocycles. The van der Waals surface area contributed by atoms with E-state index in [9.17, 15) is 9.59 Å². The number of thiophene rings is 1. The van der Waals surface area contributed by atoms with Gasteiger partial charge in [-0.05, 0) is 41.9 Å². The summed E-state index contributed by atoms with van der Waals surface area (Å²) in [4.78, 5) is 24.3. The van der Waals surface area contributed by atoms with Gasteiger partial charge in [-0.3, -0.25) is 9.59 Å². The third-order valence-electron chi connectivity index (χ3n) is 5.99. The Labute approximate surface area is 207 Å². The largest absolute Gasteiger partial charge is 0.481 e. The summed E-state index contributed by atoms with van der Waals surface area (Å²) in [5.41, 5.74) is 6.41. The normalized spacial score (nSPS) is 15.3. The van der Waals surface area contributed by atoms with E-state index in [-0.39, 0.29) is 24.8 Å². The first-order valence-electron chi connectivity index (χ1n) is 11.4. The Morgan fingerprint density at radius 1 is 1.06 bits per heavy atom. The number of aryl methyl sites for hydroxylation is 1. The molecule has 1 N–H and O–H groups in total. The van der Waals surface area contributed by atoms with Gasteiger partial charge in [-0.1, -0.05) is 42.0 Å². The number of carboxylic acid groups (broad SMARTS) is 1. The summed E-state index contributed by atoms with van der Waals surface area (Å²) < 4.78 is 1.83. The zero-order valence-electron chi connectivity index (χ0n) is 19.2. The van der Waals surface area contributed by atoms with Crippen molar-refractivity contribution in [2.75, 3.05) is 0 Å². The number of hydrazone groups is 1. The number of carbonyl (C=O) groups excluding carboxylic acids is 1. The second-order valence-corrected chi connectivity index (χ2v) is 9.27. The molecule has 35 heavy (non-hydrogen) atoms. The molecule has 0 bridgehead atoms. The molecule has 0 radical (unpaired) electrons. The maximum Gasteiger partial charge on any atom is 0.303 e. The van der Waals surface area contributed by atoms with Gasteiger partial charge in [-0.2, -0.15) is 21.5 Å². The van der Waals surface area contributed by atoms with E-state index in [1.807, 2.05) is 83.2 Å². The molecule has 8 heteroatoms. The van der Waals surface area contributed by atoms with Crippen molar-refractivity contribution in [2.24, 2.45) is 5.10 Å². The molecule has 0 spiro atoms. The topological polar surface area (TPSA) is 87.8 Å². The highest BCUT2D eigenvalue weighted by Crippen LogP contribution is 2.39. The van der Waals surface area contributed by atoms with Crippen LogP contribution in [0.25, 0.3) is 16.9 Å². The minimum absolute atomic E-state index is 0.112. The van der Waals surface area contributed by atoms with Gasteiger partial charge in [0.2, 0.25) is 5.91 Å². The first kappa shape index (κ1) is 22.7. The standard InChI is InChI=1S/C27H24N4O3S/c1-18-6-5-7-19(14-18)27-22(16-30(29-27)21-8-3-2-4-9-21)24-15-23(20-12-13-35-17-20)28-31(24)25(32)10-11-26(33)34/h2-9,12-14,16-17,24H,10-11,15H2,1H3,(H,33,34). The maximum absolute atomic E-state index is 13.2. The van der Waals surface area contributed by atoms with Gasteiger partial charge in [0.05, 0.1) is 29.6 Å². The SMILES string of the molecule is Cc1cccc(-c2nn(-c3ccccc3)cc2C2CC(c3ccsc3)=NN2C(=O)CCC(=O)O)c1. The van der Waals surface area contributed by atoms with E-state index >= 15 is 0 Å². The molecular weight excluding hydrogens is 460 g/mol. The Hall–Kier alpha value is -4.04. The highest BCUT2D eigenvalue weighted by molar-refractivity contribution is 7.08. The first-order chi connectivity index (χ1) is 17.0. The number of hydrogen-bond donors (Lipinski definition) is 1. The average Bonchev–Trinajstić information content (AvgIpc) is 3.62. The van der Waals surface area contributed by atoms with Crippen LogP contribution in [0.15, 0.2) is 82.7 Å². The Morgan fingerprint density at radius 2 is 1.89 bits per heavy atom. The highest BCUT2D eigenvalue weighted by Gasteiger charge is 2.36. The van der Waals surface area contributed by atoms with E-state index in [1.165, 1.54) is 5.01 Å². The molecule has 1 aliphatic heterocycles. The fourth-order valence-corrected chi connectivity index (χ4v) is 4.94. The summed E-state index contributed by atoms with van der Waals surface area (Å²) in [7, 11) is 0. The van der Waals surface area contributed by atoms with E-state index in [4.69, 9.17) is 10.2 Å². The number of rotatable bonds is 7. The lowest BCUT2D eigenvalue weighted by atomic mass is 9.96. The predicted molar refractivity (Wildman–Crippen MR) is 136 cm³/mol. The molecule has 4 aromatic rings. The Kier molecular flexibility index (Phi) is 6.29. The molecule has 1 amide bonds. The van der Waals surface area contributed by atoms with Crippen molar-refractivity contribution in [1.29, 1.82) is 0 Å². The Balaban J connectivity index is 1.60. The van der Waals surface area contributed by atoms with E-state index < -0.39 is 5.97 Å². The molecule has 176 valence electrons. The van der Waals surface area contributed by atoms with Crippen LogP contribution in [0.2, 0.25) is 0 Å². The van der Waals surface area contributed by atoms with Crippen LogP contribution < -0.4 is 0 Å². The van der Waals surface area contributed by atoms with Crippen LogP contribution in [0.3, 0.4) is 0 Å². The number of carboxylic acids is 1. The van der Waals surface area contributed by atoms with Crippen LogP contribution in [0.4, 0.5) is 0 Å². The second kappa shape index (κ2) is 9.68. The number of hydrogen-bond acceptors (Lipinski definition) is 5. The molecule has 3 heterocycles. The summed E-state index contributed by atoms with van der Waals surface area (Å²) in [6, 6.07) is 19.5. The monoisotopic (exact) mass is 484 g/mol. The molecular formula is C27H24N4O3S.